The first-order chi connectivity index (χ1) is 11.0. The molecule has 0 heterocycles. The van der Waals surface area contributed by atoms with Crippen LogP contribution in [0, 0.1) is 0 Å². The molecule has 0 radical (unpaired) electrons. The SMILES string of the molecule is CCNC(=NCc1ccc(C(=O)N(C)C)cc1)NC(C)COC.I. The Morgan fingerprint density at radius 2 is 1.92 bits per heavy atom. The Hall–Kier alpha value is -1.35. The molecule has 136 valence electrons. The Morgan fingerprint density at radius 1 is 1.29 bits per heavy atom. The molecule has 0 aliphatic heterocycles. The van der Waals surface area contributed by atoms with E-state index >= 15 is 0 Å². The van der Waals surface area contributed by atoms with E-state index in [4.69, 9.17) is 4.74 Å². The van der Waals surface area contributed by atoms with Crippen LogP contribution in [-0.2, 0) is 11.3 Å². The quantitative estimate of drug-likeness (QED) is 0.381. The summed E-state index contributed by atoms with van der Waals surface area (Å²) in [5.41, 5.74) is 1.73. The van der Waals surface area contributed by atoms with Gasteiger partial charge in [-0.25, -0.2) is 4.99 Å². The summed E-state index contributed by atoms with van der Waals surface area (Å²) >= 11 is 0. The summed E-state index contributed by atoms with van der Waals surface area (Å²) in [6.07, 6.45) is 0. The molecule has 2 N–H and O–H groups in total. The zero-order chi connectivity index (χ0) is 17.2. The van der Waals surface area contributed by atoms with Crippen molar-refractivity contribution in [2.45, 2.75) is 26.4 Å². The van der Waals surface area contributed by atoms with Crippen LogP contribution in [0.25, 0.3) is 0 Å². The molecule has 24 heavy (non-hydrogen) atoms. The van der Waals surface area contributed by atoms with Crippen LogP contribution in [-0.4, -0.2) is 57.2 Å². The molecule has 0 saturated carbocycles. The summed E-state index contributed by atoms with van der Waals surface area (Å²) in [5.74, 6) is 0.758. The minimum absolute atomic E-state index is 0. The third-order valence-electron chi connectivity index (χ3n) is 3.17. The fourth-order valence-corrected chi connectivity index (χ4v) is 2.03. The van der Waals surface area contributed by atoms with Gasteiger partial charge in [0.05, 0.1) is 13.2 Å². The van der Waals surface area contributed by atoms with E-state index in [0.29, 0.717) is 18.7 Å². The lowest BCUT2D eigenvalue weighted by atomic mass is 10.1. The van der Waals surface area contributed by atoms with Gasteiger partial charge in [0.25, 0.3) is 5.91 Å². The number of halogens is 1. The average Bonchev–Trinajstić information content (AvgIpc) is 2.52. The Bertz CT molecular complexity index is 518. The van der Waals surface area contributed by atoms with E-state index in [1.54, 1.807) is 26.1 Å². The fourth-order valence-electron chi connectivity index (χ4n) is 2.03. The van der Waals surface area contributed by atoms with E-state index in [2.05, 4.69) is 15.6 Å². The summed E-state index contributed by atoms with van der Waals surface area (Å²) in [4.78, 5) is 18.0. The molecule has 0 fully saturated rings. The van der Waals surface area contributed by atoms with E-state index in [0.717, 1.165) is 18.1 Å². The van der Waals surface area contributed by atoms with Gasteiger partial charge in [-0.15, -0.1) is 24.0 Å². The molecule has 6 nitrogen and oxygen atoms in total. The molecule has 0 aliphatic rings. The zero-order valence-corrected chi connectivity index (χ0v) is 17.5. The van der Waals surface area contributed by atoms with Gasteiger partial charge in [0.2, 0.25) is 0 Å². The van der Waals surface area contributed by atoms with Crippen LogP contribution >= 0.6 is 24.0 Å². The maximum atomic E-state index is 11.9. The van der Waals surface area contributed by atoms with E-state index in [1.807, 2.05) is 38.1 Å². The number of ether oxygens (including phenoxy) is 1. The second-order valence-corrected chi connectivity index (χ2v) is 5.59. The van der Waals surface area contributed by atoms with Crippen molar-refractivity contribution in [3.63, 3.8) is 0 Å². The predicted octanol–water partition coefficient (Wildman–Crippen LogP) is 2.10. The lowest BCUT2D eigenvalue weighted by Crippen LogP contribution is -2.43. The number of hydrogen-bond donors (Lipinski definition) is 2. The summed E-state index contributed by atoms with van der Waals surface area (Å²) in [6, 6.07) is 7.71. The zero-order valence-electron chi connectivity index (χ0n) is 15.1. The number of guanidine groups is 1. The summed E-state index contributed by atoms with van der Waals surface area (Å²) in [6.45, 7) is 6.02. The van der Waals surface area contributed by atoms with E-state index in [9.17, 15) is 4.79 Å². The van der Waals surface area contributed by atoms with Crippen LogP contribution in [0.4, 0.5) is 0 Å². The maximum Gasteiger partial charge on any atom is 0.253 e. The molecule has 0 spiro atoms. The van der Waals surface area contributed by atoms with Gasteiger partial charge in [-0.2, -0.15) is 0 Å². The third kappa shape index (κ3) is 7.96. The molecule has 0 aromatic heterocycles. The number of amides is 1. The average molecular weight is 448 g/mol. The summed E-state index contributed by atoms with van der Waals surface area (Å²) in [7, 11) is 5.17. The van der Waals surface area contributed by atoms with Crippen molar-refractivity contribution in [2.24, 2.45) is 4.99 Å². The first-order valence-electron chi connectivity index (χ1n) is 7.82. The minimum atomic E-state index is 0. The normalized spacial score (nSPS) is 12.1. The summed E-state index contributed by atoms with van der Waals surface area (Å²) < 4.78 is 5.12. The van der Waals surface area contributed by atoms with Crippen molar-refractivity contribution in [3.8, 4) is 0 Å². The standard InChI is InChI=1S/C17H28N4O2.HI/c1-6-18-17(20-13(2)12-23-5)19-11-14-7-9-15(10-8-14)16(22)21(3)4;/h7-10,13H,6,11-12H2,1-5H3,(H2,18,19,20);1H. The Labute approximate surface area is 162 Å². The van der Waals surface area contributed by atoms with E-state index in [1.165, 1.54) is 0 Å². The van der Waals surface area contributed by atoms with Crippen molar-refractivity contribution in [2.75, 3.05) is 34.4 Å². The largest absolute Gasteiger partial charge is 0.383 e. The number of benzene rings is 1. The topological polar surface area (TPSA) is 66.0 Å². The van der Waals surface area contributed by atoms with E-state index in [-0.39, 0.29) is 35.9 Å². The second-order valence-electron chi connectivity index (χ2n) is 5.59. The van der Waals surface area contributed by atoms with Crippen molar-refractivity contribution in [1.29, 1.82) is 0 Å². The van der Waals surface area contributed by atoms with Gasteiger partial charge in [0.1, 0.15) is 0 Å². The van der Waals surface area contributed by atoms with Gasteiger partial charge in [-0.3, -0.25) is 4.79 Å². The number of rotatable bonds is 7. The predicted molar refractivity (Wildman–Crippen MR) is 109 cm³/mol. The molecule has 0 aliphatic carbocycles. The molecule has 0 bridgehead atoms. The molecule has 1 unspecified atom stereocenters. The highest BCUT2D eigenvalue weighted by molar-refractivity contribution is 14.0. The number of carbonyl (C=O) groups is 1. The van der Waals surface area contributed by atoms with Crippen LogP contribution < -0.4 is 10.6 Å². The molecular formula is C17H29IN4O2. The molecule has 1 amide bonds. The van der Waals surface area contributed by atoms with Crippen LogP contribution in [0.1, 0.15) is 29.8 Å². The molecule has 1 atom stereocenters. The van der Waals surface area contributed by atoms with Gasteiger partial charge < -0.3 is 20.3 Å². The first-order valence-corrected chi connectivity index (χ1v) is 7.82. The highest BCUT2D eigenvalue weighted by Gasteiger charge is 2.07. The first kappa shape index (κ1) is 22.6. The van der Waals surface area contributed by atoms with Crippen molar-refractivity contribution >= 4 is 35.8 Å². The van der Waals surface area contributed by atoms with Crippen molar-refractivity contribution in [3.05, 3.63) is 35.4 Å². The van der Waals surface area contributed by atoms with Crippen molar-refractivity contribution in [1.82, 2.24) is 15.5 Å². The number of methoxy groups -OCH3 is 1. The Balaban J connectivity index is 0.00000529. The Morgan fingerprint density at radius 3 is 2.42 bits per heavy atom. The van der Waals surface area contributed by atoms with Gasteiger partial charge in [0, 0.05) is 39.4 Å². The van der Waals surface area contributed by atoms with Crippen LogP contribution in [0.5, 0.6) is 0 Å². The van der Waals surface area contributed by atoms with Crippen LogP contribution in [0.3, 0.4) is 0 Å². The van der Waals surface area contributed by atoms with Crippen LogP contribution in [0.15, 0.2) is 29.3 Å². The van der Waals surface area contributed by atoms with E-state index < -0.39 is 0 Å². The lowest BCUT2D eigenvalue weighted by Gasteiger charge is -2.17. The molecular weight excluding hydrogens is 419 g/mol. The van der Waals surface area contributed by atoms with Gasteiger partial charge in [0.15, 0.2) is 5.96 Å². The fraction of sp³-hybridized carbons (Fsp3) is 0.529. The minimum Gasteiger partial charge on any atom is -0.383 e. The highest BCUT2D eigenvalue weighted by Crippen LogP contribution is 2.07. The number of hydrogen-bond acceptors (Lipinski definition) is 3. The second kappa shape index (κ2) is 12.1. The van der Waals surface area contributed by atoms with Gasteiger partial charge >= 0.3 is 0 Å². The number of carbonyl (C=O) groups excluding carboxylic acids is 1. The monoisotopic (exact) mass is 448 g/mol. The molecule has 1 aromatic rings. The Kier molecular flexibility index (Phi) is 11.4. The third-order valence-corrected chi connectivity index (χ3v) is 3.17. The molecule has 7 heteroatoms. The number of nitrogens with zero attached hydrogens (tertiary/aromatic N) is 2. The van der Waals surface area contributed by atoms with Gasteiger partial charge in [-0.05, 0) is 31.5 Å². The smallest absolute Gasteiger partial charge is 0.253 e. The maximum absolute atomic E-state index is 11.9. The van der Waals surface area contributed by atoms with Crippen LogP contribution in [0.2, 0.25) is 0 Å². The lowest BCUT2D eigenvalue weighted by molar-refractivity contribution is 0.0827. The molecule has 0 saturated heterocycles. The molecule has 1 aromatic carbocycles. The number of nitrogens with one attached hydrogen (secondary N) is 2. The summed E-state index contributed by atoms with van der Waals surface area (Å²) in [5, 5.41) is 6.50. The molecule has 1 rings (SSSR count). The highest BCUT2D eigenvalue weighted by atomic mass is 127. The van der Waals surface area contributed by atoms with Gasteiger partial charge in [-0.1, -0.05) is 12.1 Å². The number of aliphatic imine (C=N–C) groups is 1. The van der Waals surface area contributed by atoms with Crippen molar-refractivity contribution < 1.29 is 9.53 Å².